The molecule has 0 saturated heterocycles. The van der Waals surface area contributed by atoms with E-state index in [9.17, 15) is 20.2 Å². The van der Waals surface area contributed by atoms with Crippen LogP contribution in [0.5, 0.6) is 0 Å². The number of nitro benzene ring substituents is 2. The molecular weight excluding hydrogens is 533 g/mol. The number of rotatable bonds is 8. The van der Waals surface area contributed by atoms with Crippen LogP contribution in [-0.2, 0) is 0 Å². The van der Waals surface area contributed by atoms with Crippen LogP contribution in [0.4, 0.5) is 11.4 Å². The fourth-order valence-electron chi connectivity index (χ4n) is 2.63. The number of hydrogen-bond donors (Lipinski definition) is 0. The van der Waals surface area contributed by atoms with E-state index >= 15 is 0 Å². The molecule has 0 fully saturated rings. The van der Waals surface area contributed by atoms with Crippen molar-refractivity contribution in [3.8, 4) is 0 Å². The van der Waals surface area contributed by atoms with Crippen molar-refractivity contribution in [3.05, 3.63) is 128 Å². The van der Waals surface area contributed by atoms with E-state index in [0.717, 1.165) is 9.79 Å². The van der Waals surface area contributed by atoms with Gasteiger partial charge >= 0.3 is 0 Å². The van der Waals surface area contributed by atoms with E-state index in [4.69, 9.17) is 0 Å². The highest BCUT2D eigenvalue weighted by molar-refractivity contribution is 8.77. The maximum atomic E-state index is 10.5. The van der Waals surface area contributed by atoms with Crippen molar-refractivity contribution < 1.29 is 9.85 Å². The molecule has 0 spiro atoms. The van der Waals surface area contributed by atoms with Crippen LogP contribution in [0.3, 0.4) is 0 Å². The van der Waals surface area contributed by atoms with Crippen LogP contribution in [-0.4, -0.2) is 9.85 Å². The van der Waals surface area contributed by atoms with Crippen molar-refractivity contribution in [1.29, 1.82) is 0 Å². The molecular formula is C26H22N2O4S4. The maximum Gasteiger partial charge on any atom is 0.269 e. The average molecular weight is 555 g/mol. The maximum absolute atomic E-state index is 10.5. The summed E-state index contributed by atoms with van der Waals surface area (Å²) >= 11 is 0. The van der Waals surface area contributed by atoms with E-state index in [0.29, 0.717) is 0 Å². The molecule has 4 rings (SSSR count). The fraction of sp³-hybridized carbons (Fsp3) is 0.0769. The van der Waals surface area contributed by atoms with Gasteiger partial charge in [-0.25, -0.2) is 0 Å². The van der Waals surface area contributed by atoms with Gasteiger partial charge in [-0.1, -0.05) is 78.6 Å². The first-order chi connectivity index (χ1) is 17.3. The summed E-state index contributed by atoms with van der Waals surface area (Å²) in [6.45, 7) is 4.23. The van der Waals surface area contributed by atoms with Crippen LogP contribution >= 0.6 is 43.2 Å². The lowest BCUT2D eigenvalue weighted by molar-refractivity contribution is -0.385. The molecule has 0 aliphatic carbocycles. The second-order valence-electron chi connectivity index (χ2n) is 7.46. The highest BCUT2D eigenvalue weighted by Crippen LogP contribution is 2.38. The molecule has 0 bridgehead atoms. The van der Waals surface area contributed by atoms with Crippen molar-refractivity contribution in [2.45, 2.75) is 33.4 Å². The number of nitro groups is 2. The van der Waals surface area contributed by atoms with Gasteiger partial charge in [0, 0.05) is 43.8 Å². The Morgan fingerprint density at radius 2 is 0.667 bits per heavy atom. The van der Waals surface area contributed by atoms with Gasteiger partial charge in [-0.05, 0) is 62.4 Å². The number of aryl methyl sites for hydroxylation is 2. The monoisotopic (exact) mass is 554 g/mol. The first-order valence-corrected chi connectivity index (χ1v) is 14.9. The highest BCUT2D eigenvalue weighted by atomic mass is 33.1. The Morgan fingerprint density at radius 3 is 0.889 bits per heavy atom. The molecule has 0 aliphatic heterocycles. The lowest BCUT2D eigenvalue weighted by Crippen LogP contribution is -1.86. The third-order valence-electron chi connectivity index (χ3n) is 4.61. The van der Waals surface area contributed by atoms with E-state index in [1.54, 1.807) is 45.9 Å². The number of nitrogens with zero attached hydrogens (tertiary/aromatic N) is 2. The predicted molar refractivity (Wildman–Crippen MR) is 152 cm³/mol. The summed E-state index contributed by atoms with van der Waals surface area (Å²) in [5, 5.41) is 21.0. The predicted octanol–water partition coefficient (Wildman–Crippen LogP) is 9.41. The third-order valence-corrected chi connectivity index (χ3v) is 9.44. The lowest BCUT2D eigenvalue weighted by atomic mass is 10.2. The Kier molecular flexibility index (Phi) is 10.7. The Labute approximate surface area is 225 Å². The van der Waals surface area contributed by atoms with Crippen molar-refractivity contribution in [3.63, 3.8) is 0 Å². The molecule has 0 aliphatic rings. The smallest absolute Gasteiger partial charge is 0.258 e. The van der Waals surface area contributed by atoms with Gasteiger partial charge in [0.1, 0.15) is 0 Å². The second-order valence-corrected chi connectivity index (χ2v) is 12.0. The van der Waals surface area contributed by atoms with Gasteiger partial charge in [-0.3, -0.25) is 20.2 Å². The largest absolute Gasteiger partial charge is 0.269 e. The number of benzene rings is 4. The molecule has 0 N–H and O–H groups in total. The summed E-state index contributed by atoms with van der Waals surface area (Å²) in [7, 11) is 6.47. The zero-order valence-electron chi connectivity index (χ0n) is 19.4. The van der Waals surface area contributed by atoms with Gasteiger partial charge in [-0.2, -0.15) is 0 Å². The Hall–Kier alpha value is -2.92. The quantitative estimate of drug-likeness (QED) is 0.121. The van der Waals surface area contributed by atoms with Crippen LogP contribution < -0.4 is 0 Å². The van der Waals surface area contributed by atoms with Gasteiger partial charge < -0.3 is 0 Å². The van der Waals surface area contributed by atoms with E-state index in [1.165, 1.54) is 66.8 Å². The molecule has 0 heterocycles. The third kappa shape index (κ3) is 9.27. The molecule has 184 valence electrons. The highest BCUT2D eigenvalue weighted by Gasteiger charge is 2.07. The van der Waals surface area contributed by atoms with Gasteiger partial charge in [0.25, 0.3) is 11.4 Å². The molecule has 0 aromatic heterocycles. The van der Waals surface area contributed by atoms with Crippen LogP contribution in [0, 0.1) is 34.1 Å². The average Bonchev–Trinajstić information content (AvgIpc) is 2.89. The second kappa shape index (κ2) is 14.0. The zero-order chi connectivity index (χ0) is 25.9. The van der Waals surface area contributed by atoms with Gasteiger partial charge in [-0.15, -0.1) is 0 Å². The summed E-state index contributed by atoms with van der Waals surface area (Å²) in [6.07, 6.45) is 0. The SMILES string of the molecule is Cc1ccc(SSc2ccc(C)cc2)cc1.O=[N+]([O-])c1ccc(SSc2ccc([N+](=O)[O-])cc2)cc1. The summed E-state index contributed by atoms with van der Waals surface area (Å²) in [6, 6.07) is 29.7. The summed E-state index contributed by atoms with van der Waals surface area (Å²) < 4.78 is 0. The van der Waals surface area contributed by atoms with Crippen molar-refractivity contribution in [2.75, 3.05) is 0 Å². The molecule has 0 unspecified atom stereocenters. The van der Waals surface area contributed by atoms with E-state index in [1.807, 2.05) is 0 Å². The van der Waals surface area contributed by atoms with E-state index in [2.05, 4.69) is 62.4 Å². The van der Waals surface area contributed by atoms with Crippen molar-refractivity contribution in [1.82, 2.24) is 0 Å². The molecule has 10 heteroatoms. The van der Waals surface area contributed by atoms with Crippen LogP contribution in [0.2, 0.25) is 0 Å². The fourth-order valence-corrected chi connectivity index (χ4v) is 6.49. The molecule has 6 nitrogen and oxygen atoms in total. The topological polar surface area (TPSA) is 86.3 Å². The first kappa shape index (κ1) is 27.7. The summed E-state index contributed by atoms with van der Waals surface area (Å²) in [4.78, 5) is 24.5. The number of non-ortho nitro benzene ring substituents is 2. The molecule has 4 aromatic rings. The summed E-state index contributed by atoms with van der Waals surface area (Å²) in [5.74, 6) is 0. The zero-order valence-corrected chi connectivity index (χ0v) is 22.7. The minimum atomic E-state index is -0.447. The van der Waals surface area contributed by atoms with Gasteiger partial charge in [0.05, 0.1) is 9.85 Å². The molecule has 0 saturated carbocycles. The summed E-state index contributed by atoms with van der Waals surface area (Å²) in [5.41, 5.74) is 2.72. The normalized spacial score (nSPS) is 10.3. The Bertz CT molecular complexity index is 1180. The molecule has 4 aromatic carbocycles. The van der Waals surface area contributed by atoms with Crippen LogP contribution in [0.25, 0.3) is 0 Å². The minimum absolute atomic E-state index is 0.0506. The molecule has 0 atom stereocenters. The van der Waals surface area contributed by atoms with E-state index < -0.39 is 9.85 Å². The Balaban J connectivity index is 0.000000205. The molecule has 0 radical (unpaired) electrons. The van der Waals surface area contributed by atoms with E-state index in [-0.39, 0.29) is 11.4 Å². The van der Waals surface area contributed by atoms with Crippen molar-refractivity contribution in [2.24, 2.45) is 0 Å². The van der Waals surface area contributed by atoms with Crippen molar-refractivity contribution >= 4 is 54.6 Å². The molecule has 36 heavy (non-hydrogen) atoms. The van der Waals surface area contributed by atoms with Gasteiger partial charge in [0.15, 0.2) is 0 Å². The standard InChI is InChI=1S/C14H14S2.C12H8N2O4S2/c1-11-3-7-13(8-4-11)15-16-14-9-5-12(2)6-10-14;15-13(16)9-1-5-11(6-2-9)19-20-12-7-3-10(4-8-12)14(17)18/h3-10H,1-2H3;1-8H. The first-order valence-electron chi connectivity index (χ1n) is 10.6. The Morgan fingerprint density at radius 1 is 0.444 bits per heavy atom. The van der Waals surface area contributed by atoms with Gasteiger partial charge in [0.2, 0.25) is 0 Å². The molecule has 0 amide bonds. The van der Waals surface area contributed by atoms with Crippen LogP contribution in [0.15, 0.2) is 117 Å². The minimum Gasteiger partial charge on any atom is -0.258 e. The lowest BCUT2D eigenvalue weighted by Gasteiger charge is -2.02. The van der Waals surface area contributed by atoms with Crippen LogP contribution in [0.1, 0.15) is 11.1 Å². The number of hydrogen-bond acceptors (Lipinski definition) is 8.